The lowest BCUT2D eigenvalue weighted by Crippen LogP contribution is -2.06. The Morgan fingerprint density at radius 1 is 1.43 bits per heavy atom. The topological polar surface area (TPSA) is 63.3 Å². The molecule has 1 aromatic carbocycles. The summed E-state index contributed by atoms with van der Waals surface area (Å²) >= 11 is 0. The van der Waals surface area contributed by atoms with Crippen LogP contribution < -0.4 is 5.73 Å². The summed E-state index contributed by atoms with van der Waals surface area (Å²) in [6.07, 6.45) is 1.61. The Morgan fingerprint density at radius 3 is 2.29 bits per heavy atom. The largest absolute Gasteiger partial charge is 0.478 e. The van der Waals surface area contributed by atoms with Gasteiger partial charge in [0.15, 0.2) is 0 Å². The van der Waals surface area contributed by atoms with Crippen LogP contribution >= 0.6 is 12.4 Å². The molecule has 1 rings (SSSR count). The number of hydrogen-bond donors (Lipinski definition) is 2. The lowest BCUT2D eigenvalue weighted by atomic mass is 10.1. The first kappa shape index (κ1) is 12.7. The van der Waals surface area contributed by atoms with E-state index >= 15 is 0 Å². The molecule has 0 aliphatic rings. The van der Waals surface area contributed by atoms with Crippen LogP contribution in [0.15, 0.2) is 36.9 Å². The minimum atomic E-state index is -0.932. The van der Waals surface area contributed by atoms with Crippen LogP contribution in [0.1, 0.15) is 22.0 Å². The summed E-state index contributed by atoms with van der Waals surface area (Å²) in [6, 6.07) is 6.20. The molecule has 14 heavy (non-hydrogen) atoms. The Balaban J connectivity index is 0.00000169. The molecule has 0 aromatic heterocycles. The van der Waals surface area contributed by atoms with Gasteiger partial charge in [-0.1, -0.05) is 18.2 Å². The third kappa shape index (κ3) is 2.87. The summed E-state index contributed by atoms with van der Waals surface area (Å²) in [5.74, 6) is -0.932. The first-order chi connectivity index (χ1) is 6.15. The molecule has 0 radical (unpaired) electrons. The van der Waals surface area contributed by atoms with Gasteiger partial charge in [0.2, 0.25) is 0 Å². The number of carboxylic acids is 1. The van der Waals surface area contributed by atoms with E-state index in [-0.39, 0.29) is 24.0 Å². The van der Waals surface area contributed by atoms with E-state index in [1.165, 1.54) is 12.1 Å². The molecule has 0 heterocycles. The van der Waals surface area contributed by atoms with Crippen molar-refractivity contribution >= 4 is 18.4 Å². The van der Waals surface area contributed by atoms with Crippen LogP contribution in [0.3, 0.4) is 0 Å². The molecule has 1 atom stereocenters. The second kappa shape index (κ2) is 5.42. The Hall–Kier alpha value is -1.32. The van der Waals surface area contributed by atoms with Gasteiger partial charge in [-0.3, -0.25) is 0 Å². The van der Waals surface area contributed by atoms with Crippen molar-refractivity contribution in [2.24, 2.45) is 5.73 Å². The predicted molar refractivity (Wildman–Crippen MR) is 57.8 cm³/mol. The van der Waals surface area contributed by atoms with Gasteiger partial charge in [0.05, 0.1) is 5.56 Å². The average molecular weight is 214 g/mol. The molecule has 3 nitrogen and oxygen atoms in total. The van der Waals surface area contributed by atoms with Crippen LogP contribution in [0.4, 0.5) is 0 Å². The van der Waals surface area contributed by atoms with Gasteiger partial charge in [0.25, 0.3) is 0 Å². The number of hydrogen-bond acceptors (Lipinski definition) is 2. The summed E-state index contributed by atoms with van der Waals surface area (Å²) in [7, 11) is 0. The summed E-state index contributed by atoms with van der Waals surface area (Å²) in [5, 5.41) is 8.62. The Bertz CT molecular complexity index is 321. The summed E-state index contributed by atoms with van der Waals surface area (Å²) in [5.41, 5.74) is 6.78. The predicted octanol–water partition coefficient (Wildman–Crippen LogP) is 1.99. The fourth-order valence-electron chi connectivity index (χ4n) is 0.984. The smallest absolute Gasteiger partial charge is 0.335 e. The molecule has 76 valence electrons. The van der Waals surface area contributed by atoms with Crippen molar-refractivity contribution in [1.29, 1.82) is 0 Å². The normalized spacial score (nSPS) is 11.2. The molecule has 0 saturated heterocycles. The molecule has 4 heteroatoms. The molecule has 1 aromatic rings. The second-order valence-corrected chi connectivity index (χ2v) is 2.69. The maximum absolute atomic E-state index is 10.5. The lowest BCUT2D eigenvalue weighted by Gasteiger charge is -2.05. The van der Waals surface area contributed by atoms with E-state index in [9.17, 15) is 4.79 Å². The zero-order valence-electron chi connectivity index (χ0n) is 7.51. The van der Waals surface area contributed by atoms with E-state index in [4.69, 9.17) is 10.8 Å². The monoisotopic (exact) mass is 213 g/mol. The Labute approximate surface area is 88.7 Å². The van der Waals surface area contributed by atoms with Gasteiger partial charge in [0, 0.05) is 6.04 Å². The molecule has 0 unspecified atom stereocenters. The van der Waals surface area contributed by atoms with E-state index in [1.54, 1.807) is 18.2 Å². The number of carboxylic acid groups (broad SMARTS) is 1. The first-order valence-corrected chi connectivity index (χ1v) is 3.86. The van der Waals surface area contributed by atoms with Gasteiger partial charge >= 0.3 is 5.97 Å². The van der Waals surface area contributed by atoms with Crippen LogP contribution in [0, 0.1) is 0 Å². The van der Waals surface area contributed by atoms with Crippen molar-refractivity contribution < 1.29 is 9.90 Å². The SMILES string of the molecule is C=C[C@@H](N)c1ccc(C(=O)O)cc1.Cl. The Morgan fingerprint density at radius 2 is 1.93 bits per heavy atom. The van der Waals surface area contributed by atoms with Crippen molar-refractivity contribution in [2.75, 3.05) is 0 Å². The van der Waals surface area contributed by atoms with Crippen LogP contribution in [0.25, 0.3) is 0 Å². The van der Waals surface area contributed by atoms with E-state index in [2.05, 4.69) is 6.58 Å². The molecular weight excluding hydrogens is 202 g/mol. The molecule has 0 saturated carbocycles. The zero-order chi connectivity index (χ0) is 9.84. The average Bonchev–Trinajstić information content (AvgIpc) is 2.17. The fraction of sp³-hybridized carbons (Fsp3) is 0.100. The molecule has 0 aliphatic carbocycles. The van der Waals surface area contributed by atoms with Gasteiger partial charge in [-0.2, -0.15) is 0 Å². The molecule has 0 spiro atoms. The third-order valence-corrected chi connectivity index (χ3v) is 1.80. The van der Waals surface area contributed by atoms with Crippen molar-refractivity contribution in [1.82, 2.24) is 0 Å². The highest BCUT2D eigenvalue weighted by Crippen LogP contribution is 2.11. The fourth-order valence-corrected chi connectivity index (χ4v) is 0.984. The standard InChI is InChI=1S/C10H11NO2.ClH/c1-2-9(11)7-3-5-8(6-4-7)10(12)13;/h2-6,9H,1,11H2,(H,12,13);1H/t9-;/m1./s1. The molecule has 0 amide bonds. The Kier molecular flexibility index (Phi) is 4.91. The van der Waals surface area contributed by atoms with Crippen LogP contribution in [-0.4, -0.2) is 11.1 Å². The minimum Gasteiger partial charge on any atom is -0.478 e. The second-order valence-electron chi connectivity index (χ2n) is 2.69. The maximum atomic E-state index is 10.5. The number of halogens is 1. The maximum Gasteiger partial charge on any atom is 0.335 e. The van der Waals surface area contributed by atoms with E-state index in [1.807, 2.05) is 0 Å². The molecule has 3 N–H and O–H groups in total. The minimum absolute atomic E-state index is 0. The van der Waals surface area contributed by atoms with Gasteiger partial charge in [-0.05, 0) is 17.7 Å². The van der Waals surface area contributed by atoms with E-state index in [0.29, 0.717) is 0 Å². The molecule has 0 bridgehead atoms. The van der Waals surface area contributed by atoms with Gasteiger partial charge < -0.3 is 10.8 Å². The number of nitrogens with two attached hydrogens (primary N) is 1. The molecular formula is C10H12ClNO2. The van der Waals surface area contributed by atoms with Gasteiger partial charge in [-0.15, -0.1) is 19.0 Å². The summed E-state index contributed by atoms with van der Waals surface area (Å²) in [6.45, 7) is 3.55. The van der Waals surface area contributed by atoms with Crippen LogP contribution in [0.2, 0.25) is 0 Å². The summed E-state index contributed by atoms with van der Waals surface area (Å²) in [4.78, 5) is 10.5. The summed E-state index contributed by atoms with van der Waals surface area (Å²) < 4.78 is 0. The highest BCUT2D eigenvalue weighted by atomic mass is 35.5. The molecule has 0 fully saturated rings. The molecule has 0 aliphatic heterocycles. The number of rotatable bonds is 3. The third-order valence-electron chi connectivity index (χ3n) is 1.80. The lowest BCUT2D eigenvalue weighted by molar-refractivity contribution is 0.0697. The van der Waals surface area contributed by atoms with Crippen LogP contribution in [-0.2, 0) is 0 Å². The van der Waals surface area contributed by atoms with Crippen molar-refractivity contribution in [3.63, 3.8) is 0 Å². The highest BCUT2D eigenvalue weighted by molar-refractivity contribution is 5.87. The number of aromatic carboxylic acids is 1. The van der Waals surface area contributed by atoms with Crippen LogP contribution in [0.5, 0.6) is 0 Å². The van der Waals surface area contributed by atoms with Crippen molar-refractivity contribution in [3.05, 3.63) is 48.0 Å². The highest BCUT2D eigenvalue weighted by Gasteiger charge is 2.04. The van der Waals surface area contributed by atoms with Crippen molar-refractivity contribution in [3.8, 4) is 0 Å². The first-order valence-electron chi connectivity index (χ1n) is 3.86. The van der Waals surface area contributed by atoms with Crippen molar-refractivity contribution in [2.45, 2.75) is 6.04 Å². The quantitative estimate of drug-likeness (QED) is 0.755. The van der Waals surface area contributed by atoms with E-state index in [0.717, 1.165) is 5.56 Å². The zero-order valence-corrected chi connectivity index (χ0v) is 8.33. The van der Waals surface area contributed by atoms with E-state index < -0.39 is 5.97 Å². The number of benzene rings is 1. The van der Waals surface area contributed by atoms with Gasteiger partial charge in [-0.25, -0.2) is 4.79 Å². The number of carbonyl (C=O) groups is 1. The van der Waals surface area contributed by atoms with Gasteiger partial charge in [0.1, 0.15) is 0 Å².